The third kappa shape index (κ3) is 2.94. The van der Waals surface area contributed by atoms with Gasteiger partial charge in [-0.3, -0.25) is 20.2 Å². The van der Waals surface area contributed by atoms with E-state index in [0.717, 1.165) is 0 Å². The molecular weight excluding hydrogens is 180 g/mol. The second kappa shape index (κ2) is 4.13. The van der Waals surface area contributed by atoms with Crippen LogP contribution in [0.1, 0.15) is 0 Å². The van der Waals surface area contributed by atoms with Gasteiger partial charge in [0.25, 0.3) is 0 Å². The molecule has 1 rings (SSSR count). The van der Waals surface area contributed by atoms with Crippen LogP contribution in [0.2, 0.25) is 0 Å². The molecule has 0 N–H and O–H groups in total. The molecule has 13 heavy (non-hydrogen) atoms. The minimum Gasteiger partial charge on any atom is -0.380 e. The molecule has 1 heterocycles. The quantitative estimate of drug-likeness (QED) is 0.452. The second-order valence-electron chi connectivity index (χ2n) is 3.09. The normalized spacial score (nSPS) is 27.4. The van der Waals surface area contributed by atoms with Gasteiger partial charge in [-0.15, -0.1) is 0 Å². The first kappa shape index (κ1) is 9.85. The highest BCUT2D eigenvalue weighted by Crippen LogP contribution is 2.20. The summed E-state index contributed by atoms with van der Waals surface area (Å²) in [5.74, 6) is -0.610. The molecule has 0 unspecified atom stereocenters. The van der Waals surface area contributed by atoms with Crippen molar-refractivity contribution >= 4 is 0 Å². The average molecular weight is 190 g/mol. The Hall–Kier alpha value is -1.24. The highest BCUT2D eigenvalue weighted by molar-refractivity contribution is 4.73. The summed E-state index contributed by atoms with van der Waals surface area (Å²) < 4.78 is 4.96. The van der Waals surface area contributed by atoms with Crippen LogP contribution in [-0.2, 0) is 4.74 Å². The number of nitrogens with zero attached hydrogens (tertiary/aromatic N) is 2. The minimum atomic E-state index is -0.452. The van der Waals surface area contributed by atoms with Crippen molar-refractivity contribution < 1.29 is 14.6 Å². The van der Waals surface area contributed by atoms with Crippen LogP contribution in [-0.4, -0.2) is 36.1 Å². The maximum absolute atomic E-state index is 10.2. The van der Waals surface area contributed by atoms with Crippen molar-refractivity contribution in [2.75, 3.05) is 26.3 Å². The molecule has 0 radical (unpaired) electrons. The van der Waals surface area contributed by atoms with Crippen LogP contribution >= 0.6 is 0 Å². The van der Waals surface area contributed by atoms with E-state index < -0.39 is 9.85 Å². The molecule has 0 aromatic rings. The topological polar surface area (TPSA) is 95.5 Å². The molecule has 1 saturated heterocycles. The molecule has 1 aliphatic heterocycles. The predicted molar refractivity (Wildman–Crippen MR) is 41.5 cm³/mol. The molecule has 74 valence electrons. The summed E-state index contributed by atoms with van der Waals surface area (Å²) in [4.78, 5) is 19.4. The highest BCUT2D eigenvalue weighted by Gasteiger charge is 2.35. The second-order valence-corrected chi connectivity index (χ2v) is 3.09. The summed E-state index contributed by atoms with van der Waals surface area (Å²) >= 11 is 0. The third-order valence-electron chi connectivity index (χ3n) is 2.10. The highest BCUT2D eigenvalue weighted by atomic mass is 16.6. The minimum absolute atomic E-state index is 0.238. The lowest BCUT2D eigenvalue weighted by Gasteiger charge is -2.08. The average Bonchev–Trinajstić information content (AvgIpc) is 2.34. The van der Waals surface area contributed by atoms with Gasteiger partial charge in [0.2, 0.25) is 13.1 Å². The van der Waals surface area contributed by atoms with Gasteiger partial charge >= 0.3 is 0 Å². The van der Waals surface area contributed by atoms with E-state index in [1.807, 2.05) is 0 Å². The molecule has 0 spiro atoms. The number of rotatable bonds is 4. The Morgan fingerprint density at radius 3 is 1.77 bits per heavy atom. The van der Waals surface area contributed by atoms with Gasteiger partial charge in [-0.05, 0) is 0 Å². The fourth-order valence-electron chi connectivity index (χ4n) is 1.43. The summed E-state index contributed by atoms with van der Waals surface area (Å²) in [7, 11) is 0. The van der Waals surface area contributed by atoms with Crippen molar-refractivity contribution in [3.63, 3.8) is 0 Å². The Morgan fingerprint density at radius 2 is 1.46 bits per heavy atom. The molecule has 0 bridgehead atoms. The predicted octanol–water partition coefficient (Wildman–Crippen LogP) is -0.198. The van der Waals surface area contributed by atoms with Gasteiger partial charge in [-0.25, -0.2) is 0 Å². The number of hydrogen-bond donors (Lipinski definition) is 0. The maximum atomic E-state index is 10.2. The van der Waals surface area contributed by atoms with E-state index in [2.05, 4.69) is 0 Å². The molecule has 0 saturated carbocycles. The molecule has 7 nitrogen and oxygen atoms in total. The van der Waals surface area contributed by atoms with Gasteiger partial charge in [0.05, 0.1) is 25.0 Å². The number of ether oxygens (including phenoxy) is 1. The Labute approximate surface area is 74.0 Å². The van der Waals surface area contributed by atoms with Crippen molar-refractivity contribution in [2.24, 2.45) is 11.8 Å². The van der Waals surface area contributed by atoms with Crippen LogP contribution in [0.3, 0.4) is 0 Å². The Morgan fingerprint density at radius 1 is 1.08 bits per heavy atom. The van der Waals surface area contributed by atoms with Crippen LogP contribution in [0.25, 0.3) is 0 Å². The fraction of sp³-hybridized carbons (Fsp3) is 1.00. The van der Waals surface area contributed by atoms with E-state index in [1.165, 1.54) is 0 Å². The van der Waals surface area contributed by atoms with Gasteiger partial charge in [0.15, 0.2) is 0 Å². The van der Waals surface area contributed by atoms with E-state index in [9.17, 15) is 20.2 Å². The largest absolute Gasteiger partial charge is 0.380 e. The molecule has 1 aliphatic rings. The van der Waals surface area contributed by atoms with Gasteiger partial charge < -0.3 is 4.74 Å². The van der Waals surface area contributed by atoms with Crippen molar-refractivity contribution in [2.45, 2.75) is 0 Å². The van der Waals surface area contributed by atoms with Crippen LogP contribution in [0.5, 0.6) is 0 Å². The monoisotopic (exact) mass is 190 g/mol. The van der Waals surface area contributed by atoms with Crippen LogP contribution in [0.4, 0.5) is 0 Å². The Balaban J connectivity index is 2.43. The molecule has 0 amide bonds. The zero-order valence-electron chi connectivity index (χ0n) is 6.92. The summed E-state index contributed by atoms with van der Waals surface area (Å²) in [5.41, 5.74) is 0. The van der Waals surface area contributed by atoms with Crippen molar-refractivity contribution in [1.82, 2.24) is 0 Å². The van der Waals surface area contributed by atoms with Crippen LogP contribution in [0.15, 0.2) is 0 Å². The summed E-state index contributed by atoms with van der Waals surface area (Å²) in [6.45, 7) is 0.0516. The van der Waals surface area contributed by atoms with E-state index in [0.29, 0.717) is 0 Å². The zero-order chi connectivity index (χ0) is 9.84. The molecule has 7 heteroatoms. The zero-order valence-corrected chi connectivity index (χ0v) is 6.92. The van der Waals surface area contributed by atoms with Crippen molar-refractivity contribution in [3.05, 3.63) is 20.2 Å². The Bertz CT molecular complexity index is 197. The summed E-state index contributed by atoms with van der Waals surface area (Å²) in [6.07, 6.45) is 0. The van der Waals surface area contributed by atoms with E-state index in [4.69, 9.17) is 4.74 Å². The fourth-order valence-corrected chi connectivity index (χ4v) is 1.43. The summed E-state index contributed by atoms with van der Waals surface area (Å²) in [5, 5.41) is 20.3. The van der Waals surface area contributed by atoms with Gasteiger partial charge in [0, 0.05) is 9.85 Å². The van der Waals surface area contributed by atoms with E-state index >= 15 is 0 Å². The summed E-state index contributed by atoms with van der Waals surface area (Å²) in [6, 6.07) is 0. The first-order chi connectivity index (χ1) is 6.09. The SMILES string of the molecule is O=[N+]([O-])C[C@H]1COC[C@H]1C[N+](=O)[O-]. The molecule has 2 atom stereocenters. The Kier molecular flexibility index (Phi) is 3.13. The van der Waals surface area contributed by atoms with Crippen LogP contribution in [0, 0.1) is 32.1 Å². The maximum Gasteiger partial charge on any atom is 0.209 e. The van der Waals surface area contributed by atoms with Gasteiger partial charge in [-0.2, -0.15) is 0 Å². The smallest absolute Gasteiger partial charge is 0.209 e. The van der Waals surface area contributed by atoms with Crippen molar-refractivity contribution in [3.8, 4) is 0 Å². The molecular formula is C6H10N2O5. The first-order valence-corrected chi connectivity index (χ1v) is 3.91. The number of nitro groups is 2. The van der Waals surface area contributed by atoms with Crippen LogP contribution < -0.4 is 0 Å². The third-order valence-corrected chi connectivity index (χ3v) is 2.10. The molecule has 1 fully saturated rings. The van der Waals surface area contributed by atoms with Crippen molar-refractivity contribution in [1.29, 1.82) is 0 Å². The molecule has 0 aromatic heterocycles. The number of hydrogen-bond acceptors (Lipinski definition) is 5. The lowest BCUT2D eigenvalue weighted by Crippen LogP contribution is -2.27. The lowest BCUT2D eigenvalue weighted by atomic mass is 9.96. The van der Waals surface area contributed by atoms with E-state index in [1.54, 1.807) is 0 Å². The van der Waals surface area contributed by atoms with Gasteiger partial charge in [0.1, 0.15) is 0 Å². The van der Waals surface area contributed by atoms with Gasteiger partial charge in [-0.1, -0.05) is 0 Å². The lowest BCUT2D eigenvalue weighted by molar-refractivity contribution is -0.505. The molecule has 0 aromatic carbocycles. The standard InChI is InChI=1S/C6H10N2O5/c9-7(10)1-5-3-13-4-6(5)2-8(11)12/h5-6H,1-4H2/t5-,6+. The molecule has 0 aliphatic carbocycles. The van der Waals surface area contributed by atoms with E-state index in [-0.39, 0.29) is 38.1 Å². The first-order valence-electron chi connectivity index (χ1n) is 3.91.